The second-order valence-electron chi connectivity index (χ2n) is 16.0. The van der Waals surface area contributed by atoms with Gasteiger partial charge in [-0.05, 0) is 92.0 Å². The molecule has 0 fully saturated rings. The molecule has 0 aliphatic heterocycles. The monoisotopic (exact) mass is 755 g/mol. The van der Waals surface area contributed by atoms with Gasteiger partial charge in [0.25, 0.3) is 0 Å². The molecular formula is C57H41NO. The first-order valence-electron chi connectivity index (χ1n) is 20.4. The van der Waals surface area contributed by atoms with E-state index in [1.165, 1.54) is 44.5 Å². The van der Waals surface area contributed by atoms with Crippen LogP contribution in [0.5, 0.6) is 0 Å². The van der Waals surface area contributed by atoms with Gasteiger partial charge < -0.3 is 9.32 Å². The van der Waals surface area contributed by atoms with Gasteiger partial charge in [0.15, 0.2) is 0 Å². The summed E-state index contributed by atoms with van der Waals surface area (Å²) < 4.78 is 6.81. The Morgan fingerprint density at radius 3 is 1.69 bits per heavy atom. The van der Waals surface area contributed by atoms with Gasteiger partial charge in [0.1, 0.15) is 11.2 Å². The summed E-state index contributed by atoms with van der Waals surface area (Å²) >= 11 is 0. The van der Waals surface area contributed by atoms with Crippen molar-refractivity contribution in [1.29, 1.82) is 0 Å². The lowest BCUT2D eigenvalue weighted by atomic mass is 9.82. The average Bonchev–Trinajstić information content (AvgIpc) is 3.80. The molecule has 280 valence electrons. The number of benzene rings is 9. The van der Waals surface area contributed by atoms with Crippen molar-refractivity contribution in [3.8, 4) is 55.6 Å². The average molecular weight is 756 g/mol. The summed E-state index contributed by atoms with van der Waals surface area (Å²) in [6, 6.07) is 76.7. The molecule has 1 heterocycles. The lowest BCUT2D eigenvalue weighted by Gasteiger charge is -2.29. The highest BCUT2D eigenvalue weighted by atomic mass is 16.3. The van der Waals surface area contributed by atoms with Crippen LogP contribution in [-0.4, -0.2) is 0 Å². The van der Waals surface area contributed by atoms with E-state index in [1.54, 1.807) is 0 Å². The highest BCUT2D eigenvalue weighted by molar-refractivity contribution is 6.17. The van der Waals surface area contributed by atoms with Crippen molar-refractivity contribution < 1.29 is 4.42 Å². The van der Waals surface area contributed by atoms with E-state index in [9.17, 15) is 0 Å². The second kappa shape index (κ2) is 13.9. The molecule has 2 heteroatoms. The topological polar surface area (TPSA) is 16.4 Å². The first-order chi connectivity index (χ1) is 29.0. The minimum absolute atomic E-state index is 0.0632. The molecule has 59 heavy (non-hydrogen) atoms. The molecule has 1 aliphatic carbocycles. The largest absolute Gasteiger partial charge is 0.455 e. The van der Waals surface area contributed by atoms with Crippen LogP contribution in [0.3, 0.4) is 0 Å². The van der Waals surface area contributed by atoms with Crippen molar-refractivity contribution in [3.05, 3.63) is 223 Å². The highest BCUT2D eigenvalue weighted by Gasteiger charge is 2.36. The number of para-hydroxylation sites is 2. The van der Waals surface area contributed by atoms with Gasteiger partial charge in [-0.25, -0.2) is 0 Å². The third-order valence-electron chi connectivity index (χ3n) is 12.3. The zero-order valence-corrected chi connectivity index (χ0v) is 33.1. The fourth-order valence-electron chi connectivity index (χ4n) is 9.42. The van der Waals surface area contributed by atoms with Gasteiger partial charge in [-0.15, -0.1) is 0 Å². The molecule has 1 aromatic heterocycles. The van der Waals surface area contributed by atoms with Crippen LogP contribution in [0.25, 0.3) is 77.6 Å². The van der Waals surface area contributed by atoms with Crippen LogP contribution in [0.2, 0.25) is 0 Å². The molecule has 0 saturated carbocycles. The van der Waals surface area contributed by atoms with Gasteiger partial charge in [0.05, 0.1) is 16.8 Å². The molecule has 9 aromatic carbocycles. The summed E-state index contributed by atoms with van der Waals surface area (Å²) in [4.78, 5) is 2.43. The number of rotatable bonds is 7. The fourth-order valence-corrected chi connectivity index (χ4v) is 9.42. The first kappa shape index (κ1) is 34.8. The Morgan fingerprint density at radius 1 is 0.373 bits per heavy atom. The van der Waals surface area contributed by atoms with E-state index in [4.69, 9.17) is 4.42 Å². The zero-order valence-electron chi connectivity index (χ0n) is 33.1. The Labute approximate surface area is 345 Å². The van der Waals surface area contributed by atoms with Crippen LogP contribution in [0.4, 0.5) is 17.1 Å². The third kappa shape index (κ3) is 5.71. The van der Waals surface area contributed by atoms with Crippen molar-refractivity contribution in [2.24, 2.45) is 0 Å². The summed E-state index contributed by atoms with van der Waals surface area (Å²) in [5, 5.41) is 2.17. The van der Waals surface area contributed by atoms with Crippen LogP contribution < -0.4 is 4.90 Å². The lowest BCUT2D eigenvalue weighted by molar-refractivity contribution is 0.660. The second-order valence-corrected chi connectivity index (χ2v) is 16.0. The van der Waals surface area contributed by atoms with Crippen LogP contribution >= 0.6 is 0 Å². The quantitative estimate of drug-likeness (QED) is 0.161. The molecule has 0 N–H and O–H groups in total. The number of fused-ring (bicyclic) bond motifs is 6. The van der Waals surface area contributed by atoms with E-state index in [0.29, 0.717) is 0 Å². The summed E-state index contributed by atoms with van der Waals surface area (Å²) in [5.41, 5.74) is 19.7. The SMILES string of the molecule is CC1(C)c2ccccc2-c2c(-c3ccc(N(c4ccccc4-c4ccc(-c5ccccc5)cc4)c4ccc(-c5ccccc5)c5oc6ccccc6c45)cc3)cccc21. The van der Waals surface area contributed by atoms with Crippen molar-refractivity contribution in [1.82, 2.24) is 0 Å². The van der Waals surface area contributed by atoms with Gasteiger partial charge in [-0.3, -0.25) is 0 Å². The van der Waals surface area contributed by atoms with E-state index in [-0.39, 0.29) is 5.41 Å². The Balaban J connectivity index is 1.12. The lowest BCUT2D eigenvalue weighted by Crippen LogP contribution is -2.14. The van der Waals surface area contributed by atoms with Gasteiger partial charge in [0, 0.05) is 27.6 Å². The Kier molecular flexibility index (Phi) is 8.20. The number of hydrogen-bond donors (Lipinski definition) is 0. The molecule has 2 nitrogen and oxygen atoms in total. The standard InChI is InChI=1S/C57H41NO/c1-57(2)49-24-12-9-21-47(49)54-45(23-15-25-50(54)57)42-32-34-43(35-33-42)58(51-26-13-10-20-44(51)41-30-28-39(29-31-41)38-16-5-3-6-17-38)52-37-36-46(40-18-7-4-8-19-40)56-55(52)48-22-11-14-27-53(48)59-56/h3-37H,1-2H3. The van der Waals surface area contributed by atoms with E-state index in [0.717, 1.165) is 61.3 Å². The summed E-state index contributed by atoms with van der Waals surface area (Å²) in [6.07, 6.45) is 0. The van der Waals surface area contributed by atoms with Crippen molar-refractivity contribution in [3.63, 3.8) is 0 Å². The normalized spacial score (nSPS) is 12.7. The highest BCUT2D eigenvalue weighted by Crippen LogP contribution is 2.53. The van der Waals surface area contributed by atoms with Gasteiger partial charge in [-0.1, -0.05) is 190 Å². The van der Waals surface area contributed by atoms with Crippen molar-refractivity contribution in [2.75, 3.05) is 4.90 Å². The minimum Gasteiger partial charge on any atom is -0.455 e. The van der Waals surface area contributed by atoms with Crippen LogP contribution in [-0.2, 0) is 5.41 Å². The van der Waals surface area contributed by atoms with Crippen LogP contribution in [0.1, 0.15) is 25.0 Å². The molecular weight excluding hydrogens is 715 g/mol. The molecule has 1 aliphatic rings. The third-order valence-corrected chi connectivity index (χ3v) is 12.3. The molecule has 0 amide bonds. The molecule has 0 unspecified atom stereocenters. The summed E-state index contributed by atoms with van der Waals surface area (Å²) in [6.45, 7) is 4.69. The zero-order chi connectivity index (χ0) is 39.5. The fraction of sp³-hybridized carbons (Fsp3) is 0.0526. The number of nitrogens with zero attached hydrogens (tertiary/aromatic N) is 1. The van der Waals surface area contributed by atoms with Gasteiger partial charge >= 0.3 is 0 Å². The van der Waals surface area contributed by atoms with E-state index in [2.05, 4.69) is 231 Å². The molecule has 0 spiro atoms. The van der Waals surface area contributed by atoms with E-state index in [1.807, 2.05) is 0 Å². The summed E-state index contributed by atoms with van der Waals surface area (Å²) in [5.74, 6) is 0. The minimum atomic E-state index is -0.0632. The number of anilines is 3. The van der Waals surface area contributed by atoms with E-state index >= 15 is 0 Å². The summed E-state index contributed by atoms with van der Waals surface area (Å²) in [7, 11) is 0. The predicted octanol–water partition coefficient (Wildman–Crippen LogP) is 16.0. The molecule has 0 atom stereocenters. The Bertz CT molecular complexity index is 3160. The maximum atomic E-state index is 6.81. The Morgan fingerprint density at radius 2 is 0.915 bits per heavy atom. The predicted molar refractivity (Wildman–Crippen MR) is 248 cm³/mol. The van der Waals surface area contributed by atoms with Crippen molar-refractivity contribution >= 4 is 39.0 Å². The molecule has 11 rings (SSSR count). The molecule has 0 bridgehead atoms. The van der Waals surface area contributed by atoms with Crippen molar-refractivity contribution in [2.45, 2.75) is 19.3 Å². The first-order valence-corrected chi connectivity index (χ1v) is 20.4. The van der Waals surface area contributed by atoms with Gasteiger partial charge in [-0.2, -0.15) is 0 Å². The van der Waals surface area contributed by atoms with Crippen LogP contribution in [0, 0.1) is 0 Å². The molecule has 0 saturated heterocycles. The van der Waals surface area contributed by atoms with Gasteiger partial charge in [0.2, 0.25) is 0 Å². The number of furan rings is 1. The maximum absolute atomic E-state index is 6.81. The van der Waals surface area contributed by atoms with Crippen LogP contribution in [0.15, 0.2) is 217 Å². The molecule has 10 aromatic rings. The smallest absolute Gasteiger partial charge is 0.145 e. The van der Waals surface area contributed by atoms with E-state index < -0.39 is 0 Å². The maximum Gasteiger partial charge on any atom is 0.145 e. The number of hydrogen-bond acceptors (Lipinski definition) is 2. The molecule has 0 radical (unpaired) electrons. The Hall–Kier alpha value is -7.42.